The zero-order valence-corrected chi connectivity index (χ0v) is 13.2. The van der Waals surface area contributed by atoms with E-state index in [-0.39, 0.29) is 19.1 Å². The van der Waals surface area contributed by atoms with E-state index >= 15 is 0 Å². The lowest BCUT2D eigenvalue weighted by Gasteiger charge is -2.26. The summed E-state index contributed by atoms with van der Waals surface area (Å²) in [4.78, 5) is 23.9. The maximum atomic E-state index is 12.5. The summed E-state index contributed by atoms with van der Waals surface area (Å²) in [7, 11) is 1.40. The third kappa shape index (κ3) is 2.92. The molecule has 1 heterocycles. The minimum Gasteiger partial charge on any atom is -0.492 e. The molecule has 22 heavy (non-hydrogen) atoms. The van der Waals surface area contributed by atoms with Crippen molar-refractivity contribution >= 4 is 11.9 Å². The van der Waals surface area contributed by atoms with Gasteiger partial charge in [-0.3, -0.25) is 4.79 Å². The Bertz CT molecular complexity index is 613. The molecule has 0 saturated heterocycles. The van der Waals surface area contributed by atoms with Gasteiger partial charge < -0.3 is 19.9 Å². The van der Waals surface area contributed by atoms with Crippen LogP contribution in [0.25, 0.3) is 0 Å². The van der Waals surface area contributed by atoms with Crippen LogP contribution >= 0.6 is 0 Å². The number of hydrogen-bond donors (Lipinski definition) is 2. The van der Waals surface area contributed by atoms with E-state index in [1.165, 1.54) is 14.0 Å². The number of carboxylic acids is 1. The minimum atomic E-state index is -1.46. The number of rotatable bonds is 5. The van der Waals surface area contributed by atoms with Crippen molar-refractivity contribution in [1.82, 2.24) is 5.32 Å². The molecule has 0 bridgehead atoms. The van der Waals surface area contributed by atoms with Gasteiger partial charge in [0, 0.05) is 12.7 Å². The van der Waals surface area contributed by atoms with E-state index in [0.29, 0.717) is 5.75 Å². The number of benzene rings is 1. The fourth-order valence-electron chi connectivity index (χ4n) is 2.49. The Hall–Kier alpha value is -2.08. The van der Waals surface area contributed by atoms with Gasteiger partial charge in [-0.2, -0.15) is 0 Å². The first-order chi connectivity index (χ1) is 10.3. The summed E-state index contributed by atoms with van der Waals surface area (Å²) in [5.41, 5.74) is 1.49. The molecule has 1 aromatic carbocycles. The number of aliphatic carboxylic acids is 1. The Kier molecular flexibility index (Phi) is 4.42. The van der Waals surface area contributed by atoms with Gasteiger partial charge in [0.15, 0.2) is 5.54 Å². The van der Waals surface area contributed by atoms with Gasteiger partial charge in [-0.15, -0.1) is 0 Å². The number of fused-ring (bicyclic) bond motifs is 1. The van der Waals surface area contributed by atoms with E-state index in [1.54, 1.807) is 0 Å². The molecule has 0 aromatic heterocycles. The molecule has 6 nitrogen and oxygen atoms in total. The van der Waals surface area contributed by atoms with Gasteiger partial charge in [-0.05, 0) is 38.0 Å². The van der Waals surface area contributed by atoms with Crippen LogP contribution in [0.15, 0.2) is 12.1 Å². The second-order valence-electron chi connectivity index (χ2n) is 5.90. The average Bonchev–Trinajstić information content (AvgIpc) is 2.82. The molecule has 120 valence electrons. The first-order valence-electron chi connectivity index (χ1n) is 7.07. The fraction of sp³-hybridized carbons (Fsp3) is 0.500. The molecule has 2 unspecified atom stereocenters. The van der Waals surface area contributed by atoms with E-state index in [0.717, 1.165) is 16.7 Å². The van der Waals surface area contributed by atoms with Crippen molar-refractivity contribution in [3.8, 4) is 5.75 Å². The van der Waals surface area contributed by atoms with E-state index < -0.39 is 17.4 Å². The number of aryl methyl sites for hydroxylation is 2. The van der Waals surface area contributed by atoms with Crippen molar-refractivity contribution in [2.45, 2.75) is 32.2 Å². The third-order valence-corrected chi connectivity index (χ3v) is 4.03. The number of carbonyl (C=O) groups is 2. The Morgan fingerprint density at radius 1 is 1.41 bits per heavy atom. The summed E-state index contributed by atoms with van der Waals surface area (Å²) in [6, 6.07) is 3.83. The van der Waals surface area contributed by atoms with Crippen LogP contribution in [0, 0.1) is 13.8 Å². The molecular formula is C16H21NO5. The predicted molar refractivity (Wildman–Crippen MR) is 80.2 cm³/mol. The van der Waals surface area contributed by atoms with Crippen LogP contribution in [-0.2, 0) is 14.3 Å². The lowest BCUT2D eigenvalue weighted by molar-refractivity contribution is -0.149. The van der Waals surface area contributed by atoms with E-state index in [2.05, 4.69) is 5.32 Å². The highest BCUT2D eigenvalue weighted by Crippen LogP contribution is 2.36. The average molecular weight is 307 g/mol. The maximum absolute atomic E-state index is 12.5. The SMILES string of the molecule is COCC(C)(NC(=O)C1COc2cc(C)c(C)cc21)C(=O)O. The van der Waals surface area contributed by atoms with Crippen molar-refractivity contribution in [1.29, 1.82) is 0 Å². The van der Waals surface area contributed by atoms with Gasteiger partial charge in [-0.1, -0.05) is 6.07 Å². The van der Waals surface area contributed by atoms with Gasteiger partial charge >= 0.3 is 5.97 Å². The smallest absolute Gasteiger partial charge is 0.331 e. The number of methoxy groups -OCH3 is 1. The van der Waals surface area contributed by atoms with Crippen molar-refractivity contribution in [2.24, 2.45) is 0 Å². The van der Waals surface area contributed by atoms with Crippen LogP contribution in [0.1, 0.15) is 29.5 Å². The van der Waals surface area contributed by atoms with Crippen molar-refractivity contribution in [3.05, 3.63) is 28.8 Å². The summed E-state index contributed by atoms with van der Waals surface area (Å²) in [5, 5.41) is 11.9. The van der Waals surface area contributed by atoms with Gasteiger partial charge in [0.2, 0.25) is 5.91 Å². The Balaban J connectivity index is 2.23. The van der Waals surface area contributed by atoms with E-state index in [1.807, 2.05) is 26.0 Å². The summed E-state index contributed by atoms with van der Waals surface area (Å²) in [6.45, 7) is 5.48. The summed E-state index contributed by atoms with van der Waals surface area (Å²) in [6.07, 6.45) is 0. The van der Waals surface area contributed by atoms with Gasteiger partial charge in [0.25, 0.3) is 0 Å². The molecule has 1 amide bonds. The second-order valence-corrected chi connectivity index (χ2v) is 5.90. The largest absolute Gasteiger partial charge is 0.492 e. The second kappa shape index (κ2) is 5.96. The summed E-state index contributed by atoms with van der Waals surface area (Å²) in [5.74, 6) is -1.33. The fourth-order valence-corrected chi connectivity index (χ4v) is 2.49. The van der Waals surface area contributed by atoms with E-state index in [4.69, 9.17) is 9.47 Å². The number of carbonyl (C=O) groups excluding carboxylic acids is 1. The number of hydrogen-bond acceptors (Lipinski definition) is 4. The zero-order valence-electron chi connectivity index (χ0n) is 13.2. The van der Waals surface area contributed by atoms with E-state index in [9.17, 15) is 14.7 Å². The quantitative estimate of drug-likeness (QED) is 0.858. The molecule has 2 atom stereocenters. The zero-order chi connectivity index (χ0) is 16.5. The number of nitrogens with one attached hydrogen (secondary N) is 1. The lowest BCUT2D eigenvalue weighted by Crippen LogP contribution is -2.56. The summed E-state index contributed by atoms with van der Waals surface area (Å²) >= 11 is 0. The molecule has 2 rings (SSSR count). The van der Waals surface area contributed by atoms with Crippen molar-refractivity contribution < 1.29 is 24.2 Å². The molecule has 1 aliphatic heterocycles. The van der Waals surface area contributed by atoms with Crippen LogP contribution in [-0.4, -0.2) is 42.8 Å². The predicted octanol–water partition coefficient (Wildman–Crippen LogP) is 1.39. The normalized spacial score (nSPS) is 19.0. The number of ether oxygens (including phenoxy) is 2. The first kappa shape index (κ1) is 16.3. The Morgan fingerprint density at radius 2 is 2.05 bits per heavy atom. The monoisotopic (exact) mass is 307 g/mol. The maximum Gasteiger partial charge on any atom is 0.331 e. The molecule has 6 heteroatoms. The molecule has 2 N–H and O–H groups in total. The molecular weight excluding hydrogens is 286 g/mol. The van der Waals surface area contributed by atoms with Crippen molar-refractivity contribution in [2.75, 3.05) is 20.3 Å². The molecule has 0 radical (unpaired) electrons. The molecule has 0 fully saturated rings. The van der Waals surface area contributed by atoms with Crippen LogP contribution in [0.5, 0.6) is 5.75 Å². The molecule has 1 aliphatic rings. The lowest BCUT2D eigenvalue weighted by atomic mass is 9.94. The highest BCUT2D eigenvalue weighted by molar-refractivity contribution is 5.91. The standard InChI is InChI=1S/C16H21NO5/c1-9-5-11-12(7-22-13(11)6-10(9)2)14(18)17-16(3,8-21-4)15(19)20/h5-6,12H,7-8H2,1-4H3,(H,17,18)(H,19,20). The van der Waals surface area contributed by atoms with Gasteiger partial charge in [-0.25, -0.2) is 4.79 Å². The van der Waals surface area contributed by atoms with Gasteiger partial charge in [0.05, 0.1) is 6.61 Å². The Labute approximate surface area is 129 Å². The highest BCUT2D eigenvalue weighted by Gasteiger charge is 2.39. The summed E-state index contributed by atoms with van der Waals surface area (Å²) < 4.78 is 10.5. The van der Waals surface area contributed by atoms with Crippen LogP contribution in [0.4, 0.5) is 0 Å². The van der Waals surface area contributed by atoms with Crippen LogP contribution < -0.4 is 10.1 Å². The third-order valence-electron chi connectivity index (χ3n) is 4.03. The Morgan fingerprint density at radius 3 is 2.64 bits per heavy atom. The molecule has 0 aliphatic carbocycles. The molecule has 1 aromatic rings. The highest BCUT2D eigenvalue weighted by atomic mass is 16.5. The number of carboxylic acid groups (broad SMARTS) is 1. The molecule has 0 saturated carbocycles. The number of amides is 1. The van der Waals surface area contributed by atoms with Gasteiger partial charge in [0.1, 0.15) is 18.3 Å². The first-order valence-corrected chi connectivity index (χ1v) is 7.07. The van der Waals surface area contributed by atoms with Crippen LogP contribution in [0.3, 0.4) is 0 Å². The molecule has 0 spiro atoms. The van der Waals surface area contributed by atoms with Crippen molar-refractivity contribution in [3.63, 3.8) is 0 Å². The van der Waals surface area contributed by atoms with Crippen LogP contribution in [0.2, 0.25) is 0 Å². The topological polar surface area (TPSA) is 84.9 Å². The minimum absolute atomic E-state index is 0.110.